The summed E-state index contributed by atoms with van der Waals surface area (Å²) in [7, 11) is -3.74. The minimum atomic E-state index is -3.74. The molecule has 1 aliphatic rings. The number of hydrogen-bond acceptors (Lipinski definition) is 5. The van der Waals surface area contributed by atoms with Crippen LogP contribution in [0.1, 0.15) is 25.5 Å². The summed E-state index contributed by atoms with van der Waals surface area (Å²) in [5.74, 6) is 0. The quantitative estimate of drug-likeness (QED) is 0.745. The Hall–Kier alpha value is -2.55. The average molecular weight is 384 g/mol. The Morgan fingerprint density at radius 3 is 2.41 bits per heavy atom. The molecule has 3 aromatic rings. The van der Waals surface area contributed by atoms with Crippen molar-refractivity contribution in [3.8, 4) is 22.4 Å². The van der Waals surface area contributed by atoms with Crippen LogP contribution in [0.2, 0.25) is 0 Å². The molecule has 0 spiro atoms. The molecule has 7 nitrogen and oxygen atoms in total. The van der Waals surface area contributed by atoms with Gasteiger partial charge in [0.05, 0.1) is 16.8 Å². The third kappa shape index (κ3) is 3.64. The van der Waals surface area contributed by atoms with E-state index < -0.39 is 10.0 Å². The molecule has 0 amide bonds. The first-order valence-corrected chi connectivity index (χ1v) is 10.3. The highest BCUT2D eigenvalue weighted by Gasteiger charge is 2.23. The van der Waals surface area contributed by atoms with Crippen LogP contribution in [-0.4, -0.2) is 29.8 Å². The number of pyridine rings is 1. The maximum Gasteiger partial charge on any atom is 0.238 e. The van der Waals surface area contributed by atoms with Crippen molar-refractivity contribution in [2.75, 3.05) is 6.61 Å². The van der Waals surface area contributed by atoms with Gasteiger partial charge in [-0.05, 0) is 49.1 Å². The number of aromatic nitrogens is 3. The van der Waals surface area contributed by atoms with Crippen LogP contribution < -0.4 is 5.14 Å². The average Bonchev–Trinajstić information content (AvgIpc) is 3.14. The van der Waals surface area contributed by atoms with Gasteiger partial charge in [0.2, 0.25) is 10.0 Å². The summed E-state index contributed by atoms with van der Waals surface area (Å²) in [5.41, 5.74) is 3.66. The molecule has 0 bridgehead atoms. The van der Waals surface area contributed by atoms with Crippen LogP contribution in [0.25, 0.3) is 22.4 Å². The second kappa shape index (κ2) is 7.22. The maximum absolute atomic E-state index is 11.6. The fourth-order valence-corrected chi connectivity index (χ4v) is 3.85. The van der Waals surface area contributed by atoms with Crippen LogP contribution in [0, 0.1) is 0 Å². The van der Waals surface area contributed by atoms with Gasteiger partial charge in [0.1, 0.15) is 0 Å². The number of benzene rings is 1. The van der Waals surface area contributed by atoms with Crippen LogP contribution in [0.5, 0.6) is 0 Å². The van der Waals surface area contributed by atoms with Crippen LogP contribution in [0.3, 0.4) is 0 Å². The number of rotatable bonds is 4. The number of hydrogen-bond donors (Lipinski definition) is 1. The minimum absolute atomic E-state index is 0.0803. The van der Waals surface area contributed by atoms with Crippen molar-refractivity contribution in [3.63, 3.8) is 0 Å². The molecule has 0 aliphatic carbocycles. The van der Waals surface area contributed by atoms with Crippen LogP contribution in [0.15, 0.2) is 59.9 Å². The fourth-order valence-electron chi connectivity index (χ4n) is 3.33. The molecule has 4 rings (SSSR count). The predicted molar refractivity (Wildman–Crippen MR) is 101 cm³/mol. The Kier molecular flexibility index (Phi) is 4.77. The van der Waals surface area contributed by atoms with E-state index >= 15 is 0 Å². The van der Waals surface area contributed by atoms with E-state index in [9.17, 15) is 8.42 Å². The Balaban J connectivity index is 1.84. The number of nitrogens with two attached hydrogens (primary N) is 1. The minimum Gasteiger partial charge on any atom is -0.356 e. The number of sulfonamides is 1. The third-order valence-electron chi connectivity index (χ3n) is 4.67. The van der Waals surface area contributed by atoms with Crippen molar-refractivity contribution in [2.24, 2.45) is 5.14 Å². The Morgan fingerprint density at radius 2 is 1.78 bits per heavy atom. The molecule has 3 heterocycles. The van der Waals surface area contributed by atoms with E-state index in [1.54, 1.807) is 24.5 Å². The van der Waals surface area contributed by atoms with Crippen molar-refractivity contribution < 1.29 is 13.2 Å². The van der Waals surface area contributed by atoms with Gasteiger partial charge < -0.3 is 4.74 Å². The standard InChI is InChI=1S/C19H20N4O3S/c20-27(24,25)16-6-4-15(5-7-16)19-17(14-8-10-21-11-9-14)13-22-23(19)18-3-1-2-12-26-18/h4-11,13,18H,1-3,12H2,(H2,20,24,25). The molecule has 1 aromatic carbocycles. The lowest BCUT2D eigenvalue weighted by molar-refractivity contribution is -0.0383. The second-order valence-corrected chi connectivity index (χ2v) is 8.04. The molecule has 1 unspecified atom stereocenters. The molecule has 2 N–H and O–H groups in total. The Labute approximate surface area is 157 Å². The zero-order valence-corrected chi connectivity index (χ0v) is 15.5. The molecule has 0 radical (unpaired) electrons. The lowest BCUT2D eigenvalue weighted by Crippen LogP contribution is -2.20. The summed E-state index contributed by atoms with van der Waals surface area (Å²) in [4.78, 5) is 4.16. The summed E-state index contributed by atoms with van der Waals surface area (Å²) in [6.07, 6.45) is 8.17. The first-order chi connectivity index (χ1) is 13.0. The van der Waals surface area contributed by atoms with Crippen LogP contribution >= 0.6 is 0 Å². The largest absolute Gasteiger partial charge is 0.356 e. The summed E-state index contributed by atoms with van der Waals surface area (Å²) in [6.45, 7) is 0.707. The molecule has 1 fully saturated rings. The summed E-state index contributed by atoms with van der Waals surface area (Å²) >= 11 is 0. The van der Waals surface area contributed by atoms with Gasteiger partial charge in [-0.3, -0.25) is 4.98 Å². The molecule has 2 aromatic heterocycles. The smallest absolute Gasteiger partial charge is 0.238 e. The molecule has 8 heteroatoms. The normalized spacial score (nSPS) is 17.7. The van der Waals surface area contributed by atoms with E-state index in [4.69, 9.17) is 9.88 Å². The van der Waals surface area contributed by atoms with Gasteiger partial charge in [-0.15, -0.1) is 0 Å². The number of primary sulfonamides is 1. The molecule has 1 saturated heterocycles. The zero-order valence-electron chi connectivity index (χ0n) is 14.7. The molecular weight excluding hydrogens is 364 g/mol. The Morgan fingerprint density at radius 1 is 1.04 bits per heavy atom. The molecule has 140 valence electrons. The van der Waals surface area contributed by atoms with Crippen molar-refractivity contribution in [1.82, 2.24) is 14.8 Å². The van der Waals surface area contributed by atoms with Gasteiger partial charge in [-0.25, -0.2) is 18.2 Å². The van der Waals surface area contributed by atoms with Gasteiger partial charge >= 0.3 is 0 Å². The van der Waals surface area contributed by atoms with Gasteiger partial charge in [0, 0.05) is 30.1 Å². The zero-order chi connectivity index (χ0) is 18.9. The van der Waals surface area contributed by atoms with E-state index in [2.05, 4.69) is 10.1 Å². The van der Waals surface area contributed by atoms with Crippen LogP contribution in [-0.2, 0) is 14.8 Å². The van der Waals surface area contributed by atoms with Gasteiger partial charge in [-0.1, -0.05) is 12.1 Å². The molecular formula is C19H20N4O3S. The first kappa shape index (κ1) is 17.8. The highest BCUT2D eigenvalue weighted by Crippen LogP contribution is 2.36. The van der Waals surface area contributed by atoms with E-state index in [1.807, 2.05) is 23.0 Å². The summed E-state index contributed by atoms with van der Waals surface area (Å²) < 4.78 is 30.9. The lowest BCUT2D eigenvalue weighted by atomic mass is 10.0. The van der Waals surface area contributed by atoms with Crippen LogP contribution in [0.4, 0.5) is 0 Å². The molecule has 1 atom stereocenters. The molecule has 0 saturated carbocycles. The van der Waals surface area contributed by atoms with Crippen molar-refractivity contribution >= 4 is 10.0 Å². The topological polar surface area (TPSA) is 100 Å². The maximum atomic E-state index is 11.6. The van der Waals surface area contributed by atoms with E-state index in [0.29, 0.717) is 6.61 Å². The van der Waals surface area contributed by atoms with E-state index in [1.165, 1.54) is 12.1 Å². The van der Waals surface area contributed by atoms with Gasteiger partial charge in [-0.2, -0.15) is 5.10 Å². The third-order valence-corrected chi connectivity index (χ3v) is 5.60. The highest BCUT2D eigenvalue weighted by atomic mass is 32.2. The van der Waals surface area contributed by atoms with Crippen molar-refractivity contribution in [3.05, 3.63) is 55.0 Å². The molecule has 1 aliphatic heterocycles. The van der Waals surface area contributed by atoms with Crippen molar-refractivity contribution in [2.45, 2.75) is 30.4 Å². The van der Waals surface area contributed by atoms with E-state index in [0.717, 1.165) is 41.6 Å². The number of nitrogens with zero attached hydrogens (tertiary/aromatic N) is 3. The van der Waals surface area contributed by atoms with E-state index in [-0.39, 0.29) is 11.1 Å². The van der Waals surface area contributed by atoms with Gasteiger partial charge in [0.15, 0.2) is 6.23 Å². The summed E-state index contributed by atoms with van der Waals surface area (Å²) in [5, 5.41) is 9.81. The highest BCUT2D eigenvalue weighted by molar-refractivity contribution is 7.89. The summed E-state index contributed by atoms with van der Waals surface area (Å²) in [6, 6.07) is 10.4. The lowest BCUT2D eigenvalue weighted by Gasteiger charge is -2.25. The van der Waals surface area contributed by atoms with Crippen molar-refractivity contribution in [1.29, 1.82) is 0 Å². The first-order valence-electron chi connectivity index (χ1n) is 8.77. The second-order valence-electron chi connectivity index (χ2n) is 6.48. The van der Waals surface area contributed by atoms with Gasteiger partial charge in [0.25, 0.3) is 0 Å². The SMILES string of the molecule is NS(=O)(=O)c1ccc(-c2c(-c3ccncc3)cnn2C2CCCCO2)cc1. The monoisotopic (exact) mass is 384 g/mol. The molecule has 27 heavy (non-hydrogen) atoms. The number of ether oxygens (including phenoxy) is 1. The predicted octanol–water partition coefficient (Wildman–Crippen LogP) is 2.96. The fraction of sp³-hybridized carbons (Fsp3) is 0.263. The Bertz CT molecular complexity index is 1020.